The van der Waals surface area contributed by atoms with Crippen molar-refractivity contribution in [2.24, 2.45) is 0 Å². The SMILES string of the molecule is CC(C)(C)OC(=O)CCCN1c2cc(O[Si](C)(C)C(C)(C)C)ccc2C(CO)=CC1(C)C. The third-order valence-electron chi connectivity index (χ3n) is 6.36. The number of benzene rings is 1. The molecular formula is C26H43NO4Si. The highest BCUT2D eigenvalue weighted by molar-refractivity contribution is 6.74. The highest BCUT2D eigenvalue weighted by Crippen LogP contribution is 2.43. The minimum Gasteiger partial charge on any atom is -0.543 e. The molecule has 0 fully saturated rings. The van der Waals surface area contributed by atoms with Crippen LogP contribution in [0.2, 0.25) is 18.1 Å². The number of carbonyl (C=O) groups is 1. The van der Waals surface area contributed by atoms with E-state index in [2.05, 4.69) is 70.8 Å². The van der Waals surface area contributed by atoms with Gasteiger partial charge >= 0.3 is 5.97 Å². The Labute approximate surface area is 195 Å². The average Bonchev–Trinajstić information content (AvgIpc) is 2.60. The summed E-state index contributed by atoms with van der Waals surface area (Å²) in [5.74, 6) is 0.691. The van der Waals surface area contributed by atoms with Gasteiger partial charge < -0.3 is 19.2 Å². The second-order valence-electron chi connectivity index (χ2n) is 11.9. The minimum absolute atomic E-state index is 0.00931. The number of esters is 1. The molecule has 5 nitrogen and oxygen atoms in total. The summed E-state index contributed by atoms with van der Waals surface area (Å²) in [6.07, 6.45) is 3.18. The Bertz CT molecular complexity index is 860. The third-order valence-corrected chi connectivity index (χ3v) is 10.7. The van der Waals surface area contributed by atoms with Crippen molar-refractivity contribution in [3.05, 3.63) is 29.8 Å². The third kappa shape index (κ3) is 6.38. The summed E-state index contributed by atoms with van der Waals surface area (Å²) in [6, 6.07) is 6.17. The summed E-state index contributed by atoms with van der Waals surface area (Å²) >= 11 is 0. The fraction of sp³-hybridized carbons (Fsp3) is 0.654. The van der Waals surface area contributed by atoms with Crippen molar-refractivity contribution in [3.63, 3.8) is 0 Å². The fourth-order valence-electron chi connectivity index (χ4n) is 3.72. The quantitative estimate of drug-likeness (QED) is 0.389. The number of hydrogen-bond donors (Lipinski definition) is 1. The highest BCUT2D eigenvalue weighted by atomic mass is 28.4. The maximum atomic E-state index is 12.2. The fourth-order valence-corrected chi connectivity index (χ4v) is 4.75. The number of fused-ring (bicyclic) bond motifs is 1. The summed E-state index contributed by atoms with van der Waals surface area (Å²) in [6.45, 7) is 21.8. The molecule has 0 saturated heterocycles. The van der Waals surface area contributed by atoms with E-state index in [0.29, 0.717) is 19.4 Å². The van der Waals surface area contributed by atoms with Gasteiger partial charge in [-0.15, -0.1) is 0 Å². The molecule has 0 radical (unpaired) electrons. The number of nitrogens with zero attached hydrogens (tertiary/aromatic N) is 1. The van der Waals surface area contributed by atoms with Crippen LogP contribution in [-0.4, -0.2) is 43.7 Å². The molecule has 1 aromatic carbocycles. The molecule has 0 bridgehead atoms. The molecule has 0 aliphatic carbocycles. The van der Waals surface area contributed by atoms with Gasteiger partial charge in [-0.25, -0.2) is 0 Å². The van der Waals surface area contributed by atoms with Crippen molar-refractivity contribution < 1.29 is 19.1 Å². The molecular weight excluding hydrogens is 418 g/mol. The van der Waals surface area contributed by atoms with Gasteiger partial charge in [0.05, 0.1) is 12.1 Å². The van der Waals surface area contributed by atoms with E-state index in [1.807, 2.05) is 26.8 Å². The molecule has 0 spiro atoms. The second kappa shape index (κ2) is 9.22. The Morgan fingerprint density at radius 2 is 1.75 bits per heavy atom. The number of hydrogen-bond acceptors (Lipinski definition) is 5. The van der Waals surface area contributed by atoms with E-state index >= 15 is 0 Å². The Morgan fingerprint density at radius 3 is 2.28 bits per heavy atom. The summed E-state index contributed by atoms with van der Waals surface area (Å²) < 4.78 is 12.0. The molecule has 1 aliphatic heterocycles. The van der Waals surface area contributed by atoms with Gasteiger partial charge in [-0.2, -0.15) is 0 Å². The first-order valence-electron chi connectivity index (χ1n) is 11.6. The van der Waals surface area contributed by atoms with Gasteiger partial charge in [-0.3, -0.25) is 4.79 Å². The smallest absolute Gasteiger partial charge is 0.306 e. The molecule has 180 valence electrons. The zero-order valence-corrected chi connectivity index (χ0v) is 22.8. The van der Waals surface area contributed by atoms with Crippen LogP contribution in [0.15, 0.2) is 24.3 Å². The molecule has 1 aliphatic rings. The van der Waals surface area contributed by atoms with Crippen LogP contribution in [0.1, 0.15) is 73.8 Å². The van der Waals surface area contributed by atoms with E-state index < -0.39 is 13.9 Å². The van der Waals surface area contributed by atoms with Gasteiger partial charge in [-0.1, -0.05) is 26.8 Å². The number of ether oxygens (including phenoxy) is 1. The Hall–Kier alpha value is -1.79. The molecule has 32 heavy (non-hydrogen) atoms. The summed E-state index contributed by atoms with van der Waals surface area (Å²) in [4.78, 5) is 14.5. The molecule has 6 heteroatoms. The lowest BCUT2D eigenvalue weighted by Crippen LogP contribution is -2.46. The summed E-state index contributed by atoms with van der Waals surface area (Å²) in [7, 11) is -1.98. The molecule has 0 saturated carbocycles. The van der Waals surface area contributed by atoms with E-state index in [9.17, 15) is 9.90 Å². The van der Waals surface area contributed by atoms with E-state index in [1.54, 1.807) is 0 Å². The first kappa shape index (κ1) is 26.5. The lowest BCUT2D eigenvalue weighted by Gasteiger charge is -2.44. The molecule has 1 aromatic rings. The van der Waals surface area contributed by atoms with Gasteiger partial charge in [0, 0.05) is 30.3 Å². The van der Waals surface area contributed by atoms with E-state index in [0.717, 1.165) is 22.6 Å². The van der Waals surface area contributed by atoms with E-state index in [4.69, 9.17) is 9.16 Å². The normalized spacial score (nSPS) is 16.3. The van der Waals surface area contributed by atoms with Crippen molar-refractivity contribution in [2.45, 2.75) is 97.5 Å². The number of aliphatic hydroxyl groups is 1. The van der Waals surface area contributed by atoms with E-state index in [1.165, 1.54) is 0 Å². The van der Waals surface area contributed by atoms with Crippen molar-refractivity contribution in [1.29, 1.82) is 0 Å². The van der Waals surface area contributed by atoms with Gasteiger partial charge in [0.1, 0.15) is 11.4 Å². The summed E-state index contributed by atoms with van der Waals surface area (Å²) in [5, 5.41) is 10.1. The highest BCUT2D eigenvalue weighted by Gasteiger charge is 2.39. The number of carbonyl (C=O) groups excluding carboxylic acids is 1. The Kier molecular flexibility index (Phi) is 7.62. The molecule has 1 N–H and O–H groups in total. The molecule has 0 amide bonds. The monoisotopic (exact) mass is 461 g/mol. The minimum atomic E-state index is -1.98. The van der Waals surface area contributed by atoms with Gasteiger partial charge in [-0.05, 0) is 76.9 Å². The van der Waals surface area contributed by atoms with Crippen molar-refractivity contribution in [3.8, 4) is 5.75 Å². The lowest BCUT2D eigenvalue weighted by atomic mass is 9.88. The number of rotatable bonds is 7. The van der Waals surface area contributed by atoms with Crippen LogP contribution in [0.5, 0.6) is 5.75 Å². The van der Waals surface area contributed by atoms with Crippen LogP contribution in [0.25, 0.3) is 5.57 Å². The van der Waals surface area contributed by atoms with Crippen LogP contribution in [0.4, 0.5) is 5.69 Å². The van der Waals surface area contributed by atoms with Gasteiger partial charge in [0.25, 0.3) is 0 Å². The topological polar surface area (TPSA) is 59.0 Å². The van der Waals surface area contributed by atoms with Crippen molar-refractivity contribution >= 4 is 25.5 Å². The molecule has 2 rings (SSSR count). The number of aliphatic hydroxyl groups excluding tert-OH is 1. The molecule has 0 unspecified atom stereocenters. The van der Waals surface area contributed by atoms with E-state index in [-0.39, 0.29) is 23.2 Å². The van der Waals surface area contributed by atoms with Crippen LogP contribution in [0.3, 0.4) is 0 Å². The largest absolute Gasteiger partial charge is 0.543 e. The van der Waals surface area contributed by atoms with Gasteiger partial charge in [0.15, 0.2) is 0 Å². The van der Waals surface area contributed by atoms with Crippen LogP contribution >= 0.6 is 0 Å². The number of anilines is 1. The van der Waals surface area contributed by atoms with Crippen LogP contribution in [-0.2, 0) is 9.53 Å². The maximum absolute atomic E-state index is 12.2. The Balaban J connectivity index is 2.32. The lowest BCUT2D eigenvalue weighted by molar-refractivity contribution is -0.154. The second-order valence-corrected chi connectivity index (χ2v) is 16.6. The molecule has 0 atom stereocenters. The molecule has 1 heterocycles. The predicted molar refractivity (Wildman–Crippen MR) is 136 cm³/mol. The standard InChI is InChI=1S/C26H43NO4Si/c1-24(2,3)30-23(29)12-11-15-27-22-16-20(31-32(9,10)25(4,5)6)13-14-21(22)19(18-28)17-26(27,7)8/h13-14,16-17,28H,11-12,15,18H2,1-10H3. The van der Waals surface area contributed by atoms with Gasteiger partial charge in [0.2, 0.25) is 8.32 Å². The average molecular weight is 462 g/mol. The predicted octanol–water partition coefficient (Wildman–Crippen LogP) is 6.17. The first-order valence-corrected chi connectivity index (χ1v) is 14.5. The van der Waals surface area contributed by atoms with Crippen molar-refractivity contribution in [2.75, 3.05) is 18.1 Å². The zero-order valence-electron chi connectivity index (χ0n) is 21.8. The van der Waals surface area contributed by atoms with Crippen LogP contribution < -0.4 is 9.33 Å². The summed E-state index contributed by atoms with van der Waals surface area (Å²) in [5.41, 5.74) is 2.22. The van der Waals surface area contributed by atoms with Crippen LogP contribution in [0, 0.1) is 0 Å². The van der Waals surface area contributed by atoms with Crippen molar-refractivity contribution in [1.82, 2.24) is 0 Å². The Morgan fingerprint density at radius 1 is 1.12 bits per heavy atom. The first-order chi connectivity index (χ1) is 14.5. The maximum Gasteiger partial charge on any atom is 0.306 e. The zero-order chi connectivity index (χ0) is 24.5. The molecule has 0 aromatic heterocycles.